The number of ether oxygens (including phenoxy) is 2. The summed E-state index contributed by atoms with van der Waals surface area (Å²) >= 11 is 3.41. The molecule has 2 rings (SSSR count). The molecule has 2 N–H and O–H groups in total. The van der Waals surface area contributed by atoms with Crippen molar-refractivity contribution in [1.29, 1.82) is 0 Å². The Balaban J connectivity index is 2.07. The Morgan fingerprint density at radius 3 is 2.38 bits per heavy atom. The Morgan fingerprint density at radius 2 is 1.79 bits per heavy atom. The van der Waals surface area contributed by atoms with Gasteiger partial charge in [-0.3, -0.25) is 9.59 Å². The highest BCUT2D eigenvalue weighted by atomic mass is 79.9. The van der Waals surface area contributed by atoms with E-state index in [2.05, 4.69) is 31.8 Å². The van der Waals surface area contributed by atoms with Gasteiger partial charge in [0.2, 0.25) is 0 Å². The lowest BCUT2D eigenvalue weighted by molar-refractivity contribution is -0.123. The summed E-state index contributed by atoms with van der Waals surface area (Å²) in [4.78, 5) is 24.9. The third kappa shape index (κ3) is 6.05. The molecule has 0 saturated heterocycles. The summed E-state index contributed by atoms with van der Waals surface area (Å²) in [5.41, 5.74) is 3.67. The Morgan fingerprint density at radius 1 is 1.10 bits per heavy atom. The van der Waals surface area contributed by atoms with E-state index in [1.54, 1.807) is 43.5 Å². The largest absolute Gasteiger partial charge is 0.493 e. The van der Waals surface area contributed by atoms with E-state index in [1.165, 1.54) is 13.3 Å². The molecule has 0 fully saturated rings. The van der Waals surface area contributed by atoms with Crippen molar-refractivity contribution < 1.29 is 19.1 Å². The molecule has 0 aromatic heterocycles. The van der Waals surface area contributed by atoms with Crippen LogP contribution < -0.4 is 20.2 Å². The van der Waals surface area contributed by atoms with Gasteiger partial charge in [0.05, 0.1) is 24.9 Å². The molecular weight excluding hydrogens is 438 g/mol. The van der Waals surface area contributed by atoms with Crippen LogP contribution in [0.3, 0.4) is 0 Å². The van der Waals surface area contributed by atoms with Crippen molar-refractivity contribution in [3.05, 3.63) is 58.1 Å². The molecule has 0 saturated carbocycles. The Labute approximate surface area is 178 Å². The maximum atomic E-state index is 12.5. The number of methoxy groups -OCH3 is 2. The quantitative estimate of drug-likeness (QED) is 0.465. The fourth-order valence-corrected chi connectivity index (χ4v) is 3.22. The second kappa shape index (κ2) is 10.6. The molecule has 8 heteroatoms. The molecule has 7 nitrogen and oxygen atoms in total. The molecule has 0 aliphatic heterocycles. The molecular formula is C21H24BrN3O4. The highest BCUT2D eigenvalue weighted by Gasteiger charge is 2.24. The molecule has 29 heavy (non-hydrogen) atoms. The van der Waals surface area contributed by atoms with E-state index in [1.807, 2.05) is 19.9 Å². The van der Waals surface area contributed by atoms with Crippen LogP contribution in [0.1, 0.15) is 29.8 Å². The molecule has 2 amide bonds. The monoisotopic (exact) mass is 461 g/mol. The van der Waals surface area contributed by atoms with Crippen molar-refractivity contribution in [2.45, 2.75) is 19.9 Å². The third-order valence-electron chi connectivity index (χ3n) is 4.12. The number of hydrogen-bond acceptors (Lipinski definition) is 5. The van der Waals surface area contributed by atoms with Crippen molar-refractivity contribution >= 4 is 34.0 Å². The second-order valence-electron chi connectivity index (χ2n) is 6.53. The summed E-state index contributed by atoms with van der Waals surface area (Å²) in [6.07, 6.45) is 1.49. The van der Waals surface area contributed by atoms with Crippen LogP contribution in [0.15, 0.2) is 52.0 Å². The van der Waals surface area contributed by atoms with Crippen LogP contribution in [0, 0.1) is 5.92 Å². The number of rotatable bonds is 8. The van der Waals surface area contributed by atoms with Gasteiger partial charge in [-0.15, -0.1) is 0 Å². The zero-order valence-corrected chi connectivity index (χ0v) is 18.3. The first kappa shape index (κ1) is 22.4. The molecule has 0 radical (unpaired) electrons. The molecule has 154 valence electrons. The fourth-order valence-electron chi connectivity index (χ4n) is 2.60. The molecule has 1 atom stereocenters. The van der Waals surface area contributed by atoms with E-state index in [0.29, 0.717) is 27.1 Å². The number of benzene rings is 2. The summed E-state index contributed by atoms with van der Waals surface area (Å²) in [5.74, 6) is 0.266. The van der Waals surface area contributed by atoms with Gasteiger partial charge < -0.3 is 14.8 Å². The number of nitrogens with one attached hydrogen (secondary N) is 2. The zero-order valence-electron chi connectivity index (χ0n) is 16.7. The SMILES string of the molecule is COc1cc(C=NNC(=O)C(NC(=O)c2ccccc2)C(C)C)cc(Br)c1OC. The second-order valence-corrected chi connectivity index (χ2v) is 7.39. The van der Waals surface area contributed by atoms with Gasteiger partial charge in [-0.1, -0.05) is 32.0 Å². The van der Waals surface area contributed by atoms with E-state index >= 15 is 0 Å². The standard InChI is InChI=1S/C21H24BrN3O4/c1-13(2)18(24-20(26)15-8-6-5-7-9-15)21(27)25-23-12-14-10-16(22)19(29-4)17(11-14)28-3/h5-13,18H,1-4H3,(H,24,26)(H,25,27). The number of hydrazone groups is 1. The summed E-state index contributed by atoms with van der Waals surface area (Å²) < 4.78 is 11.3. The molecule has 0 bridgehead atoms. The first-order chi connectivity index (χ1) is 13.9. The van der Waals surface area contributed by atoms with E-state index in [4.69, 9.17) is 9.47 Å². The Bertz CT molecular complexity index is 885. The lowest BCUT2D eigenvalue weighted by Gasteiger charge is -2.20. The average molecular weight is 462 g/mol. The van der Waals surface area contributed by atoms with Crippen LogP contribution in [0.25, 0.3) is 0 Å². The lowest BCUT2D eigenvalue weighted by atomic mass is 10.0. The molecule has 0 aliphatic rings. The molecule has 0 aliphatic carbocycles. The van der Waals surface area contributed by atoms with E-state index in [0.717, 1.165) is 0 Å². The number of carbonyl (C=O) groups excluding carboxylic acids is 2. The first-order valence-corrected chi connectivity index (χ1v) is 9.77. The van der Waals surface area contributed by atoms with Gasteiger partial charge in [-0.05, 0) is 51.7 Å². The van der Waals surface area contributed by atoms with Crippen molar-refractivity contribution in [2.24, 2.45) is 11.0 Å². The van der Waals surface area contributed by atoms with Crippen LogP contribution in [0.2, 0.25) is 0 Å². The van der Waals surface area contributed by atoms with Gasteiger partial charge in [0.25, 0.3) is 11.8 Å². The first-order valence-electron chi connectivity index (χ1n) is 8.97. The van der Waals surface area contributed by atoms with E-state index < -0.39 is 11.9 Å². The number of hydrogen-bond donors (Lipinski definition) is 2. The van der Waals surface area contributed by atoms with Crippen LogP contribution in [-0.4, -0.2) is 38.3 Å². The minimum absolute atomic E-state index is 0.118. The maximum Gasteiger partial charge on any atom is 0.262 e. The summed E-state index contributed by atoms with van der Waals surface area (Å²) in [6, 6.07) is 11.5. The van der Waals surface area contributed by atoms with Crippen molar-refractivity contribution in [3.63, 3.8) is 0 Å². The zero-order chi connectivity index (χ0) is 21.4. The number of nitrogens with zero attached hydrogens (tertiary/aromatic N) is 1. The van der Waals surface area contributed by atoms with Crippen LogP contribution in [-0.2, 0) is 4.79 Å². The predicted molar refractivity (Wildman–Crippen MR) is 116 cm³/mol. The highest BCUT2D eigenvalue weighted by Crippen LogP contribution is 2.35. The van der Waals surface area contributed by atoms with Crippen LogP contribution >= 0.6 is 15.9 Å². The molecule has 0 heterocycles. The van der Waals surface area contributed by atoms with Crippen molar-refractivity contribution in [1.82, 2.24) is 10.7 Å². The van der Waals surface area contributed by atoms with E-state index in [-0.39, 0.29) is 11.8 Å². The lowest BCUT2D eigenvalue weighted by Crippen LogP contribution is -2.48. The van der Waals surface area contributed by atoms with Gasteiger partial charge in [-0.25, -0.2) is 5.43 Å². The van der Waals surface area contributed by atoms with Crippen LogP contribution in [0.4, 0.5) is 0 Å². The number of amides is 2. The smallest absolute Gasteiger partial charge is 0.262 e. The minimum Gasteiger partial charge on any atom is -0.493 e. The maximum absolute atomic E-state index is 12.5. The molecule has 2 aromatic carbocycles. The summed E-state index contributed by atoms with van der Waals surface area (Å²) in [6.45, 7) is 3.70. The summed E-state index contributed by atoms with van der Waals surface area (Å²) in [5, 5.41) is 6.76. The predicted octanol–water partition coefficient (Wildman–Crippen LogP) is 3.37. The molecule has 0 spiro atoms. The third-order valence-corrected chi connectivity index (χ3v) is 4.71. The fraction of sp³-hybridized carbons (Fsp3) is 0.286. The van der Waals surface area contributed by atoms with Crippen molar-refractivity contribution in [3.8, 4) is 11.5 Å². The van der Waals surface area contributed by atoms with Gasteiger partial charge in [0.1, 0.15) is 6.04 Å². The number of halogens is 1. The average Bonchev–Trinajstić information content (AvgIpc) is 2.71. The van der Waals surface area contributed by atoms with Gasteiger partial charge in [0, 0.05) is 5.56 Å². The number of carbonyl (C=O) groups is 2. The van der Waals surface area contributed by atoms with Crippen LogP contribution in [0.5, 0.6) is 11.5 Å². The van der Waals surface area contributed by atoms with E-state index in [9.17, 15) is 9.59 Å². The molecule has 1 unspecified atom stereocenters. The normalized spacial score (nSPS) is 11.9. The van der Waals surface area contributed by atoms with Gasteiger partial charge in [-0.2, -0.15) is 5.10 Å². The Hall–Kier alpha value is -2.87. The van der Waals surface area contributed by atoms with Gasteiger partial charge in [0.15, 0.2) is 11.5 Å². The highest BCUT2D eigenvalue weighted by molar-refractivity contribution is 9.10. The topological polar surface area (TPSA) is 89.0 Å². The van der Waals surface area contributed by atoms with Crippen molar-refractivity contribution in [2.75, 3.05) is 14.2 Å². The summed E-state index contributed by atoms with van der Waals surface area (Å²) in [7, 11) is 3.09. The molecule has 2 aromatic rings. The Kier molecular flexibility index (Phi) is 8.21. The van der Waals surface area contributed by atoms with Gasteiger partial charge >= 0.3 is 0 Å². The minimum atomic E-state index is -0.725.